The van der Waals surface area contributed by atoms with E-state index in [1.807, 2.05) is 0 Å². The zero-order valence-electron chi connectivity index (χ0n) is 18.8. The number of alkyl halides is 2. The summed E-state index contributed by atoms with van der Waals surface area (Å²) >= 11 is 1.29. The average molecular weight is 528 g/mol. The average Bonchev–Trinajstić information content (AvgIpc) is 3.26. The van der Waals surface area contributed by atoms with E-state index < -0.39 is 39.7 Å². The van der Waals surface area contributed by atoms with Crippen molar-refractivity contribution in [1.82, 2.24) is 9.88 Å². The first-order valence-electron chi connectivity index (χ1n) is 10.9. The van der Waals surface area contributed by atoms with Crippen LogP contribution in [0.25, 0.3) is 10.2 Å². The molecule has 0 saturated carbocycles. The summed E-state index contributed by atoms with van der Waals surface area (Å²) in [7, 11) is -4.06. The van der Waals surface area contributed by atoms with E-state index in [1.54, 1.807) is 12.1 Å². The highest BCUT2D eigenvalue weighted by Gasteiger charge is 2.37. The molecule has 1 fully saturated rings. The molecule has 2 aromatic carbocycles. The van der Waals surface area contributed by atoms with E-state index in [1.165, 1.54) is 39.9 Å². The Bertz CT molecular complexity index is 1350. The van der Waals surface area contributed by atoms with Crippen molar-refractivity contribution in [3.05, 3.63) is 53.3 Å². The molecule has 2 N–H and O–H groups in total. The normalized spacial score (nSPS) is 16.4. The molecule has 1 saturated heterocycles. The second-order valence-electron chi connectivity index (χ2n) is 8.84. The lowest BCUT2D eigenvalue weighted by atomic mass is 9.86. The van der Waals surface area contributed by atoms with Gasteiger partial charge in [0.1, 0.15) is 16.2 Å². The van der Waals surface area contributed by atoms with Gasteiger partial charge in [-0.05, 0) is 56.5 Å². The summed E-state index contributed by atoms with van der Waals surface area (Å²) in [6, 6.07) is 8.14. The van der Waals surface area contributed by atoms with Crippen molar-refractivity contribution in [3.63, 3.8) is 0 Å². The number of piperidine rings is 1. The standard InChI is InChI=1S/C23H24F3N3O4S2/c1-22(25,26)7-8-23(31)9-11-29(12-10-23)21(30)16-6-5-15(13-17(16)24)28-35(32,33)19-4-2-3-18-20(19)27-14-34-18/h2-6,13-14,28,31H,7-12H2,1H3. The molecule has 0 aliphatic carbocycles. The number of thiazole rings is 1. The quantitative estimate of drug-likeness (QED) is 0.467. The zero-order chi connectivity index (χ0) is 25.4. The van der Waals surface area contributed by atoms with Gasteiger partial charge in [-0.2, -0.15) is 0 Å². The van der Waals surface area contributed by atoms with Gasteiger partial charge < -0.3 is 10.0 Å². The first-order valence-corrected chi connectivity index (χ1v) is 13.3. The highest BCUT2D eigenvalue weighted by Crippen LogP contribution is 2.32. The van der Waals surface area contributed by atoms with Gasteiger partial charge in [0.15, 0.2) is 0 Å². The van der Waals surface area contributed by atoms with E-state index in [-0.39, 0.29) is 48.5 Å². The molecular weight excluding hydrogens is 503 g/mol. The van der Waals surface area contributed by atoms with Crippen LogP contribution in [0, 0.1) is 5.82 Å². The Morgan fingerprint density at radius 2 is 1.97 bits per heavy atom. The minimum absolute atomic E-state index is 0.0431. The Morgan fingerprint density at radius 1 is 1.26 bits per heavy atom. The SMILES string of the molecule is CC(F)(F)CCC1(O)CCN(C(=O)c2ccc(NS(=O)(=O)c3cccc4scnc34)cc2F)CC1. The van der Waals surface area contributed by atoms with Gasteiger partial charge in [0, 0.05) is 19.5 Å². The lowest BCUT2D eigenvalue weighted by molar-refractivity contribution is -0.0571. The molecule has 7 nitrogen and oxygen atoms in total. The van der Waals surface area contributed by atoms with Crippen LogP contribution in [0.3, 0.4) is 0 Å². The molecule has 1 aromatic heterocycles. The Kier molecular flexibility index (Phi) is 6.82. The van der Waals surface area contributed by atoms with Gasteiger partial charge in [-0.25, -0.2) is 26.6 Å². The van der Waals surface area contributed by atoms with Crippen LogP contribution >= 0.6 is 11.3 Å². The number of fused-ring (bicyclic) bond motifs is 1. The van der Waals surface area contributed by atoms with Crippen molar-refractivity contribution in [1.29, 1.82) is 0 Å². The minimum atomic E-state index is -4.06. The van der Waals surface area contributed by atoms with Crippen LogP contribution in [0.15, 0.2) is 46.8 Å². The number of aromatic nitrogens is 1. The van der Waals surface area contributed by atoms with E-state index in [4.69, 9.17) is 0 Å². The van der Waals surface area contributed by atoms with Crippen molar-refractivity contribution in [2.75, 3.05) is 17.8 Å². The molecule has 2 heterocycles. The van der Waals surface area contributed by atoms with E-state index in [0.29, 0.717) is 10.2 Å². The Hall–Kier alpha value is -2.70. The van der Waals surface area contributed by atoms with Crippen LogP contribution in [0.1, 0.15) is 43.0 Å². The fourth-order valence-electron chi connectivity index (χ4n) is 4.04. The van der Waals surface area contributed by atoms with Crippen LogP contribution in [-0.2, 0) is 10.0 Å². The number of anilines is 1. The van der Waals surface area contributed by atoms with Crippen LogP contribution in [0.4, 0.5) is 18.9 Å². The van der Waals surface area contributed by atoms with Crippen LogP contribution < -0.4 is 4.72 Å². The van der Waals surface area contributed by atoms with Crippen LogP contribution in [-0.4, -0.2) is 53.9 Å². The zero-order valence-corrected chi connectivity index (χ0v) is 20.4. The predicted molar refractivity (Wildman–Crippen MR) is 127 cm³/mol. The summed E-state index contributed by atoms with van der Waals surface area (Å²) in [6.45, 7) is 0.979. The summed E-state index contributed by atoms with van der Waals surface area (Å²) in [5.41, 5.74) is 0.242. The molecule has 0 unspecified atom stereocenters. The van der Waals surface area contributed by atoms with Gasteiger partial charge in [0.05, 0.1) is 27.1 Å². The maximum Gasteiger partial charge on any atom is 0.264 e. The van der Waals surface area contributed by atoms with Gasteiger partial charge in [-0.1, -0.05) is 6.07 Å². The number of halogens is 3. The maximum atomic E-state index is 14.8. The van der Waals surface area contributed by atoms with Gasteiger partial charge in [-0.15, -0.1) is 11.3 Å². The third kappa shape index (κ3) is 5.76. The molecule has 0 atom stereocenters. The molecule has 1 amide bonds. The number of aliphatic hydroxyl groups is 1. The number of sulfonamides is 1. The van der Waals surface area contributed by atoms with E-state index in [9.17, 15) is 31.5 Å². The monoisotopic (exact) mass is 527 g/mol. The number of rotatable bonds is 7. The van der Waals surface area contributed by atoms with Crippen molar-refractivity contribution in [2.24, 2.45) is 0 Å². The van der Waals surface area contributed by atoms with Gasteiger partial charge >= 0.3 is 0 Å². The maximum absolute atomic E-state index is 14.8. The summed E-state index contributed by atoms with van der Waals surface area (Å²) in [4.78, 5) is 18.2. The molecule has 1 aliphatic rings. The molecule has 3 aromatic rings. The number of amides is 1. The number of carbonyl (C=O) groups is 1. The Balaban J connectivity index is 1.44. The van der Waals surface area contributed by atoms with Crippen molar-refractivity contribution in [3.8, 4) is 0 Å². The van der Waals surface area contributed by atoms with Crippen molar-refractivity contribution >= 4 is 43.2 Å². The van der Waals surface area contributed by atoms with E-state index >= 15 is 0 Å². The second-order valence-corrected chi connectivity index (χ2v) is 11.4. The smallest absolute Gasteiger partial charge is 0.264 e. The third-order valence-electron chi connectivity index (χ3n) is 6.08. The van der Waals surface area contributed by atoms with Crippen molar-refractivity contribution < 1.29 is 31.5 Å². The van der Waals surface area contributed by atoms with E-state index in [2.05, 4.69) is 9.71 Å². The Labute approximate surface area is 204 Å². The molecular formula is C23H24F3N3O4S2. The number of nitrogens with zero attached hydrogens (tertiary/aromatic N) is 2. The number of hydrogen-bond acceptors (Lipinski definition) is 6. The highest BCUT2D eigenvalue weighted by molar-refractivity contribution is 7.93. The lowest BCUT2D eigenvalue weighted by Crippen LogP contribution is -2.47. The number of likely N-dealkylation sites (tertiary alicyclic amines) is 1. The molecule has 0 bridgehead atoms. The molecule has 0 spiro atoms. The second kappa shape index (κ2) is 9.40. The number of para-hydroxylation sites is 1. The summed E-state index contributed by atoms with van der Waals surface area (Å²) in [5.74, 6) is -4.41. The van der Waals surface area contributed by atoms with Crippen molar-refractivity contribution in [2.45, 2.75) is 49.0 Å². The topological polar surface area (TPSA) is 99.6 Å². The molecule has 35 heavy (non-hydrogen) atoms. The molecule has 188 valence electrons. The van der Waals surface area contributed by atoms with Gasteiger partial charge in [0.2, 0.25) is 5.92 Å². The summed E-state index contributed by atoms with van der Waals surface area (Å²) < 4.78 is 69.8. The predicted octanol–water partition coefficient (Wildman–Crippen LogP) is 4.64. The fraction of sp³-hybridized carbons (Fsp3) is 0.391. The first kappa shape index (κ1) is 25.4. The molecule has 0 radical (unpaired) electrons. The lowest BCUT2D eigenvalue weighted by Gasteiger charge is -2.38. The summed E-state index contributed by atoms with van der Waals surface area (Å²) in [5, 5.41) is 10.5. The molecule has 12 heteroatoms. The number of benzene rings is 2. The minimum Gasteiger partial charge on any atom is -0.390 e. The molecule has 1 aliphatic heterocycles. The summed E-state index contributed by atoms with van der Waals surface area (Å²) in [6.07, 6.45) is -0.330. The molecule has 4 rings (SSSR count). The van der Waals surface area contributed by atoms with Crippen LogP contribution in [0.5, 0.6) is 0 Å². The van der Waals surface area contributed by atoms with Gasteiger partial charge in [-0.3, -0.25) is 9.52 Å². The Morgan fingerprint density at radius 3 is 2.63 bits per heavy atom. The largest absolute Gasteiger partial charge is 0.390 e. The number of carbonyl (C=O) groups excluding carboxylic acids is 1. The van der Waals surface area contributed by atoms with Crippen LogP contribution in [0.2, 0.25) is 0 Å². The highest BCUT2D eigenvalue weighted by atomic mass is 32.2. The fourth-order valence-corrected chi connectivity index (χ4v) is 6.03. The number of hydrogen-bond donors (Lipinski definition) is 2. The third-order valence-corrected chi connectivity index (χ3v) is 8.28. The van der Waals surface area contributed by atoms with Gasteiger partial charge in [0.25, 0.3) is 15.9 Å². The number of nitrogens with one attached hydrogen (secondary N) is 1. The first-order chi connectivity index (χ1) is 16.4. The van der Waals surface area contributed by atoms with E-state index in [0.717, 1.165) is 13.0 Å².